The van der Waals surface area contributed by atoms with Crippen molar-refractivity contribution in [3.05, 3.63) is 0 Å². The van der Waals surface area contributed by atoms with Gasteiger partial charge in [0.2, 0.25) is 0 Å². The zero-order valence-corrected chi connectivity index (χ0v) is 7.75. The lowest BCUT2D eigenvalue weighted by molar-refractivity contribution is -0.138. The van der Waals surface area contributed by atoms with Crippen molar-refractivity contribution in [2.24, 2.45) is 11.8 Å². The highest BCUT2D eigenvalue weighted by molar-refractivity contribution is 5.73. The van der Waals surface area contributed by atoms with Crippen molar-refractivity contribution < 1.29 is 9.90 Å². The van der Waals surface area contributed by atoms with E-state index in [1.165, 1.54) is 25.7 Å². The van der Waals surface area contributed by atoms with Crippen LogP contribution in [-0.2, 0) is 4.79 Å². The molecule has 1 aliphatic rings. The molecule has 0 spiro atoms. The summed E-state index contributed by atoms with van der Waals surface area (Å²) in [7, 11) is 0. The zero-order valence-electron chi connectivity index (χ0n) is 7.75. The number of hydrogen-bond acceptors (Lipinski definition) is 1. The van der Waals surface area contributed by atoms with Crippen LogP contribution in [-0.4, -0.2) is 11.1 Å². The number of unbranched alkanes of at least 4 members (excludes halogenated alkanes) is 3. The highest BCUT2D eigenvalue weighted by Gasteiger charge is 2.42. The second kappa shape index (κ2) is 4.48. The van der Waals surface area contributed by atoms with Gasteiger partial charge in [-0.15, -0.1) is 0 Å². The van der Waals surface area contributed by atoms with Crippen LogP contribution in [0.25, 0.3) is 0 Å². The normalized spacial score (nSPS) is 27.1. The maximum absolute atomic E-state index is 10.5. The molecule has 2 atom stereocenters. The molecule has 12 heavy (non-hydrogen) atoms. The third kappa shape index (κ3) is 2.84. The summed E-state index contributed by atoms with van der Waals surface area (Å²) in [5.41, 5.74) is 0. The molecule has 0 aliphatic heterocycles. The van der Waals surface area contributed by atoms with Crippen LogP contribution in [0.3, 0.4) is 0 Å². The quantitative estimate of drug-likeness (QED) is 0.622. The Morgan fingerprint density at radius 2 is 2.17 bits per heavy atom. The molecule has 1 N–H and O–H groups in total. The average Bonchev–Trinajstić information content (AvgIpc) is 2.77. The lowest BCUT2D eigenvalue weighted by Crippen LogP contribution is -1.99. The first-order chi connectivity index (χ1) is 5.75. The first kappa shape index (κ1) is 9.56. The van der Waals surface area contributed by atoms with E-state index in [0.717, 1.165) is 12.8 Å². The molecule has 0 aromatic heterocycles. The second-order valence-electron chi connectivity index (χ2n) is 3.79. The van der Waals surface area contributed by atoms with Crippen LogP contribution in [0, 0.1) is 11.8 Å². The molecule has 0 aromatic rings. The first-order valence-electron chi connectivity index (χ1n) is 4.98. The van der Waals surface area contributed by atoms with Crippen LogP contribution >= 0.6 is 0 Å². The highest BCUT2D eigenvalue weighted by atomic mass is 16.4. The zero-order chi connectivity index (χ0) is 8.97. The topological polar surface area (TPSA) is 37.3 Å². The third-order valence-electron chi connectivity index (χ3n) is 2.67. The average molecular weight is 170 g/mol. The summed E-state index contributed by atoms with van der Waals surface area (Å²) >= 11 is 0. The maximum atomic E-state index is 10.5. The number of carbonyl (C=O) groups is 1. The molecule has 0 amide bonds. The van der Waals surface area contributed by atoms with Gasteiger partial charge in [-0.3, -0.25) is 4.79 Å². The van der Waals surface area contributed by atoms with E-state index in [1.54, 1.807) is 0 Å². The summed E-state index contributed by atoms with van der Waals surface area (Å²) in [5.74, 6) is -0.0681. The van der Waals surface area contributed by atoms with Crippen molar-refractivity contribution in [2.75, 3.05) is 0 Å². The van der Waals surface area contributed by atoms with Crippen molar-refractivity contribution in [1.29, 1.82) is 0 Å². The van der Waals surface area contributed by atoms with Gasteiger partial charge in [-0.25, -0.2) is 0 Å². The Labute approximate surface area is 74.0 Å². The Morgan fingerprint density at radius 3 is 2.67 bits per heavy atom. The lowest BCUT2D eigenvalue weighted by atomic mass is 10.1. The molecular weight excluding hydrogens is 152 g/mol. The maximum Gasteiger partial charge on any atom is 0.306 e. The van der Waals surface area contributed by atoms with Crippen molar-refractivity contribution in [3.63, 3.8) is 0 Å². The van der Waals surface area contributed by atoms with Crippen LogP contribution in [0.4, 0.5) is 0 Å². The summed E-state index contributed by atoms with van der Waals surface area (Å²) in [5, 5.41) is 8.63. The van der Waals surface area contributed by atoms with Crippen LogP contribution in [0.1, 0.15) is 45.4 Å². The predicted octanol–water partition coefficient (Wildman–Crippen LogP) is 2.68. The van der Waals surface area contributed by atoms with Gasteiger partial charge in [0.15, 0.2) is 0 Å². The van der Waals surface area contributed by atoms with Crippen molar-refractivity contribution >= 4 is 5.97 Å². The van der Waals surface area contributed by atoms with E-state index in [2.05, 4.69) is 6.92 Å². The van der Waals surface area contributed by atoms with E-state index < -0.39 is 5.97 Å². The van der Waals surface area contributed by atoms with Crippen LogP contribution in [0.2, 0.25) is 0 Å². The van der Waals surface area contributed by atoms with Crippen molar-refractivity contribution in [3.8, 4) is 0 Å². The summed E-state index contributed by atoms with van der Waals surface area (Å²) in [6.07, 6.45) is 7.12. The third-order valence-corrected chi connectivity index (χ3v) is 2.67. The first-order valence-corrected chi connectivity index (χ1v) is 4.98. The number of carboxylic acids is 1. The highest BCUT2D eigenvalue weighted by Crippen LogP contribution is 2.42. The van der Waals surface area contributed by atoms with Gasteiger partial charge < -0.3 is 5.11 Å². The Bertz CT molecular complexity index is 154. The smallest absolute Gasteiger partial charge is 0.306 e. The van der Waals surface area contributed by atoms with E-state index >= 15 is 0 Å². The molecule has 2 heteroatoms. The van der Waals surface area contributed by atoms with Crippen LogP contribution in [0.5, 0.6) is 0 Å². The Balaban J connectivity index is 1.93. The van der Waals surface area contributed by atoms with Gasteiger partial charge in [-0.05, 0) is 18.8 Å². The Kier molecular flexibility index (Phi) is 3.57. The molecule has 2 nitrogen and oxygen atoms in total. The fourth-order valence-corrected chi connectivity index (χ4v) is 1.70. The van der Waals surface area contributed by atoms with Gasteiger partial charge in [0.05, 0.1) is 5.92 Å². The van der Waals surface area contributed by atoms with Gasteiger partial charge in [0, 0.05) is 0 Å². The monoisotopic (exact) mass is 170 g/mol. The molecule has 0 unspecified atom stereocenters. The second-order valence-corrected chi connectivity index (χ2v) is 3.79. The predicted molar refractivity (Wildman–Crippen MR) is 48.0 cm³/mol. The summed E-state index contributed by atoms with van der Waals surface area (Å²) in [6, 6.07) is 0. The number of carboxylic acid groups (broad SMARTS) is 1. The van der Waals surface area contributed by atoms with Gasteiger partial charge in [-0.1, -0.05) is 32.6 Å². The standard InChI is InChI=1S/C10H18O2/c1-2-3-4-5-6-8-7-9(8)10(11)12/h8-9H,2-7H2,1H3,(H,11,12)/t8-,9+/m0/s1. The van der Waals surface area contributed by atoms with E-state index in [9.17, 15) is 4.79 Å². The van der Waals surface area contributed by atoms with Gasteiger partial charge in [0.1, 0.15) is 0 Å². The molecule has 0 aromatic carbocycles. The summed E-state index contributed by atoms with van der Waals surface area (Å²) < 4.78 is 0. The Morgan fingerprint density at radius 1 is 1.42 bits per heavy atom. The minimum atomic E-state index is -0.588. The van der Waals surface area contributed by atoms with Crippen molar-refractivity contribution in [1.82, 2.24) is 0 Å². The number of aliphatic carboxylic acids is 1. The number of rotatable bonds is 6. The van der Waals surface area contributed by atoms with E-state index in [1.807, 2.05) is 0 Å². The fourth-order valence-electron chi connectivity index (χ4n) is 1.70. The molecular formula is C10H18O2. The molecule has 0 bridgehead atoms. The van der Waals surface area contributed by atoms with Gasteiger partial charge in [-0.2, -0.15) is 0 Å². The molecule has 0 radical (unpaired) electrons. The van der Waals surface area contributed by atoms with E-state index in [-0.39, 0.29) is 5.92 Å². The number of hydrogen-bond donors (Lipinski definition) is 1. The van der Waals surface area contributed by atoms with E-state index in [4.69, 9.17) is 5.11 Å². The fraction of sp³-hybridized carbons (Fsp3) is 0.900. The molecule has 0 saturated heterocycles. The summed E-state index contributed by atoms with van der Waals surface area (Å²) in [6.45, 7) is 2.19. The lowest BCUT2D eigenvalue weighted by Gasteiger charge is -1.97. The minimum Gasteiger partial charge on any atom is -0.481 e. The molecule has 0 heterocycles. The SMILES string of the molecule is CCCCCC[C@H]1C[C@H]1C(=O)O. The minimum absolute atomic E-state index is 0.00614. The van der Waals surface area contributed by atoms with Crippen LogP contribution in [0.15, 0.2) is 0 Å². The van der Waals surface area contributed by atoms with Crippen LogP contribution < -0.4 is 0 Å². The summed E-state index contributed by atoms with van der Waals surface area (Å²) in [4.78, 5) is 10.5. The molecule has 1 rings (SSSR count). The van der Waals surface area contributed by atoms with Gasteiger partial charge >= 0.3 is 5.97 Å². The largest absolute Gasteiger partial charge is 0.481 e. The van der Waals surface area contributed by atoms with E-state index in [0.29, 0.717) is 5.92 Å². The molecule has 1 aliphatic carbocycles. The molecule has 1 fully saturated rings. The molecule has 70 valence electrons. The van der Waals surface area contributed by atoms with Gasteiger partial charge in [0.25, 0.3) is 0 Å². The van der Waals surface area contributed by atoms with Crippen molar-refractivity contribution in [2.45, 2.75) is 45.4 Å². The Hall–Kier alpha value is -0.530. The molecule has 1 saturated carbocycles.